The first-order chi connectivity index (χ1) is 48.6. The molecule has 4 aliphatic heterocycles. The molecule has 0 spiro atoms. The second-order valence-electron chi connectivity index (χ2n) is 30.3. The van der Waals surface area contributed by atoms with Crippen molar-refractivity contribution in [3.8, 4) is 11.1 Å². The number of benzene rings is 11. The molecule has 11 aromatic carbocycles. The number of anilines is 12. The highest BCUT2D eigenvalue weighted by Gasteiger charge is 2.47. The van der Waals surface area contributed by atoms with Crippen LogP contribution in [0.5, 0.6) is 0 Å². The second-order valence-corrected chi connectivity index (χ2v) is 30.3. The Hall–Kier alpha value is -9.25. The number of rotatable bonds is 11. The summed E-state index contributed by atoms with van der Waals surface area (Å²) >= 11 is 0. The lowest BCUT2D eigenvalue weighted by molar-refractivity contribution is 0.396. The second kappa shape index (κ2) is 25.2. The van der Waals surface area contributed by atoms with E-state index in [2.05, 4.69) is 269 Å². The Morgan fingerprint density at radius 1 is 0.255 bits per heavy atom. The van der Waals surface area contributed by atoms with Crippen molar-refractivity contribution in [3.63, 3.8) is 0 Å². The summed E-state index contributed by atoms with van der Waals surface area (Å²) in [6, 6.07) is 96.0. The third-order valence-electron chi connectivity index (χ3n) is 24.9. The van der Waals surface area contributed by atoms with Gasteiger partial charge in [-0.1, -0.05) is 210 Å². The molecule has 0 amide bonds. The van der Waals surface area contributed by atoms with Gasteiger partial charge in [0.15, 0.2) is 0 Å². The summed E-state index contributed by atoms with van der Waals surface area (Å²) in [5.41, 5.74) is 35.3. The molecule has 0 unspecified atom stereocenters. The van der Waals surface area contributed by atoms with Gasteiger partial charge in [-0.15, -0.1) is 0 Å². The van der Waals surface area contributed by atoms with Crippen molar-refractivity contribution >= 4 is 114 Å². The zero-order chi connectivity index (χ0) is 64.8. The van der Waals surface area contributed by atoms with Crippen molar-refractivity contribution in [2.75, 3.05) is 19.6 Å². The van der Waals surface area contributed by atoms with E-state index in [0.29, 0.717) is 29.6 Å². The average molecular weight is 1270 g/mol. The lowest BCUT2D eigenvalue weighted by Crippen LogP contribution is -2.61. The standard InChI is InChI=1S/C92H88B2N4/c1-2-62-55-87-91-88(56-62)97(77-33-19-8-20-34-77)86-54-49-73(59-82(86)94(91)81-58-72(65-27-13-5-14-28-65)48-53-85(81)96(87)76-31-17-7-18-32-76)69-41-37-66(38-42-69)67-39-43-70(44-40-67)74-60-89-92-90(61-74)98(78-50-45-68(46-51-78)63-23-9-3-10-24-63)84-52-47-71(64-25-11-4-12-26-64)57-80(84)93(92)79-35-21-22-36-83(79)95(89)75-29-15-6-16-30-75/h6-8,15-22,29-36,39-40,43-61,63-66,69H,2-5,9-14,23-28,37-38,41-42H2,1H3. The van der Waals surface area contributed by atoms with E-state index in [1.165, 1.54) is 268 Å². The summed E-state index contributed by atoms with van der Waals surface area (Å²) in [5, 5.41) is 0. The first-order valence-corrected chi connectivity index (χ1v) is 38.0. The molecule has 4 saturated carbocycles. The summed E-state index contributed by atoms with van der Waals surface area (Å²) in [6.07, 6.45) is 25.5. The van der Waals surface area contributed by atoms with Crippen LogP contribution in [0.4, 0.5) is 68.2 Å². The Bertz CT molecular complexity index is 4750. The van der Waals surface area contributed by atoms with Gasteiger partial charge in [-0.05, 0) is 275 Å². The molecule has 4 fully saturated rings. The molecule has 0 N–H and O–H groups in total. The lowest BCUT2D eigenvalue weighted by atomic mass is 9.33. The van der Waals surface area contributed by atoms with E-state index in [9.17, 15) is 0 Å². The number of fused-ring (bicyclic) bond motifs is 8. The van der Waals surface area contributed by atoms with Crippen LogP contribution in [0.3, 0.4) is 0 Å². The third kappa shape index (κ3) is 10.3. The van der Waals surface area contributed by atoms with Crippen LogP contribution >= 0.6 is 0 Å². The van der Waals surface area contributed by atoms with Crippen molar-refractivity contribution in [3.05, 3.63) is 276 Å². The van der Waals surface area contributed by atoms with Crippen LogP contribution < -0.4 is 52.4 Å². The van der Waals surface area contributed by atoms with E-state index in [4.69, 9.17) is 0 Å². The molecular weight excluding hydrogens is 1180 g/mol. The highest BCUT2D eigenvalue weighted by atomic mass is 15.2. The van der Waals surface area contributed by atoms with E-state index in [1.54, 1.807) is 0 Å². The van der Waals surface area contributed by atoms with Crippen LogP contribution in [-0.4, -0.2) is 13.4 Å². The third-order valence-corrected chi connectivity index (χ3v) is 24.9. The molecule has 4 heterocycles. The maximum absolute atomic E-state index is 2.69. The van der Waals surface area contributed by atoms with Crippen LogP contribution in [-0.2, 0) is 6.42 Å². The van der Waals surface area contributed by atoms with Gasteiger partial charge < -0.3 is 19.6 Å². The Labute approximate surface area is 582 Å². The summed E-state index contributed by atoms with van der Waals surface area (Å²) in [6.45, 7) is 2.52. The van der Waals surface area contributed by atoms with Crippen molar-refractivity contribution in [1.82, 2.24) is 0 Å². The number of hydrogen-bond acceptors (Lipinski definition) is 4. The molecule has 0 radical (unpaired) electrons. The highest BCUT2D eigenvalue weighted by molar-refractivity contribution is 7.01. The van der Waals surface area contributed by atoms with Gasteiger partial charge in [-0.3, -0.25) is 0 Å². The van der Waals surface area contributed by atoms with Crippen LogP contribution in [0, 0.1) is 0 Å². The van der Waals surface area contributed by atoms with Gasteiger partial charge >= 0.3 is 0 Å². The van der Waals surface area contributed by atoms with Gasteiger partial charge in [-0.25, -0.2) is 0 Å². The van der Waals surface area contributed by atoms with Crippen molar-refractivity contribution in [2.45, 2.75) is 165 Å². The Balaban J connectivity index is 0.677. The minimum atomic E-state index is 0.0944. The summed E-state index contributed by atoms with van der Waals surface area (Å²) in [5.74, 6) is 2.88. The molecule has 11 aromatic rings. The Morgan fingerprint density at radius 2 is 0.571 bits per heavy atom. The highest BCUT2D eigenvalue weighted by Crippen LogP contribution is 2.51. The van der Waals surface area contributed by atoms with Gasteiger partial charge in [0, 0.05) is 68.2 Å². The van der Waals surface area contributed by atoms with Crippen LogP contribution in [0.1, 0.15) is 192 Å². The van der Waals surface area contributed by atoms with Gasteiger partial charge in [0.1, 0.15) is 0 Å². The minimum Gasteiger partial charge on any atom is -0.311 e. The minimum absolute atomic E-state index is 0.0944. The SMILES string of the molecule is CCc1cc2c3c(c1)N(c1ccccc1)c1ccc(C4CCC(c5ccc(-c6cc7c8c(c6)N(c6ccc(C9CCCCC9)cc6)c6ccc(C9CCCCC9)cc6B8c6ccccc6N7c6ccccc6)cc5)CC4)cc1B3c1cc(C3CCCCC3)ccc1N2c1ccccc1. The predicted molar refractivity (Wildman–Crippen MR) is 417 cm³/mol. The fourth-order valence-corrected chi connectivity index (χ4v) is 20.0. The molecule has 0 aromatic heterocycles. The van der Waals surface area contributed by atoms with Crippen molar-refractivity contribution in [2.24, 2.45) is 0 Å². The topological polar surface area (TPSA) is 13.0 Å². The molecule has 4 aliphatic carbocycles. The van der Waals surface area contributed by atoms with Crippen molar-refractivity contribution in [1.29, 1.82) is 0 Å². The van der Waals surface area contributed by atoms with Gasteiger partial charge in [0.25, 0.3) is 13.4 Å². The van der Waals surface area contributed by atoms with Gasteiger partial charge in [0.05, 0.1) is 0 Å². The number of para-hydroxylation sites is 4. The monoisotopic (exact) mass is 1270 g/mol. The van der Waals surface area contributed by atoms with Gasteiger partial charge in [-0.2, -0.15) is 0 Å². The maximum Gasteiger partial charge on any atom is 0.252 e. The van der Waals surface area contributed by atoms with Crippen LogP contribution in [0.25, 0.3) is 11.1 Å². The molecule has 6 heteroatoms. The normalized spacial score (nSPS) is 18.9. The largest absolute Gasteiger partial charge is 0.311 e. The molecule has 98 heavy (non-hydrogen) atoms. The smallest absolute Gasteiger partial charge is 0.252 e. The molecule has 482 valence electrons. The average Bonchev–Trinajstić information content (AvgIpc) is 0.704. The molecular formula is C92H88B2N4. The molecule has 0 saturated heterocycles. The lowest BCUT2D eigenvalue weighted by Gasteiger charge is -2.45. The predicted octanol–water partition coefficient (Wildman–Crippen LogP) is 21.7. The van der Waals surface area contributed by atoms with E-state index in [0.717, 1.165) is 6.42 Å². The molecule has 19 rings (SSSR count). The molecule has 0 atom stereocenters. The van der Waals surface area contributed by atoms with Gasteiger partial charge in [0.2, 0.25) is 0 Å². The van der Waals surface area contributed by atoms with E-state index in [1.807, 2.05) is 0 Å². The fourth-order valence-electron chi connectivity index (χ4n) is 20.0. The zero-order valence-electron chi connectivity index (χ0n) is 57.1. The summed E-state index contributed by atoms with van der Waals surface area (Å²) in [4.78, 5) is 10.5. The zero-order valence-corrected chi connectivity index (χ0v) is 57.1. The Morgan fingerprint density at radius 3 is 0.990 bits per heavy atom. The van der Waals surface area contributed by atoms with E-state index >= 15 is 0 Å². The fraction of sp³-hybridized carbons (Fsp3) is 0.283. The van der Waals surface area contributed by atoms with E-state index in [-0.39, 0.29) is 13.4 Å². The Kier molecular flexibility index (Phi) is 15.4. The van der Waals surface area contributed by atoms with Crippen molar-refractivity contribution < 1.29 is 0 Å². The first kappa shape index (κ1) is 60.0. The number of hydrogen-bond donors (Lipinski definition) is 0. The first-order valence-electron chi connectivity index (χ1n) is 38.0. The molecule has 0 bridgehead atoms. The molecule has 8 aliphatic rings. The summed E-state index contributed by atoms with van der Waals surface area (Å²) in [7, 11) is 0. The number of aryl methyl sites for hydroxylation is 1. The van der Waals surface area contributed by atoms with E-state index < -0.39 is 0 Å². The van der Waals surface area contributed by atoms with Crippen LogP contribution in [0.2, 0.25) is 0 Å². The molecule has 4 nitrogen and oxygen atoms in total. The maximum atomic E-state index is 2.69. The summed E-state index contributed by atoms with van der Waals surface area (Å²) < 4.78 is 0. The quantitative estimate of drug-likeness (QED) is 0.120. The number of nitrogens with zero attached hydrogens (tertiary/aromatic N) is 4. The van der Waals surface area contributed by atoms with Crippen LogP contribution in [0.15, 0.2) is 243 Å².